The molecule has 2 N–H and O–H groups in total. The van der Waals surface area contributed by atoms with Gasteiger partial charge in [-0.3, -0.25) is 4.79 Å². The second-order valence-corrected chi connectivity index (χ2v) is 7.21. The first-order chi connectivity index (χ1) is 11.8. The Morgan fingerprint density at radius 2 is 1.00 bits per heavy atom. The molecule has 0 aliphatic rings. The molecule has 0 unspecified atom stereocenters. The first-order valence-corrected chi connectivity index (χ1v) is 10.7. The zero-order chi connectivity index (χ0) is 17.7. The minimum absolute atomic E-state index is 0. The van der Waals surface area contributed by atoms with Crippen molar-refractivity contribution in [1.29, 1.82) is 0 Å². The van der Waals surface area contributed by atoms with E-state index in [0.717, 1.165) is 12.8 Å². The maximum Gasteiger partial charge on any atom is 0.217 e. The molecule has 0 aliphatic heterocycles. The summed E-state index contributed by atoms with van der Waals surface area (Å²) in [6, 6.07) is 0. The highest BCUT2D eigenvalue weighted by molar-refractivity contribution is 5.73. The van der Waals surface area contributed by atoms with Crippen molar-refractivity contribution < 1.29 is 4.79 Å². The summed E-state index contributed by atoms with van der Waals surface area (Å²) < 4.78 is 0. The number of primary amides is 1. The maximum atomic E-state index is 10.6. The Kier molecular flexibility index (Phi) is 24.5. The van der Waals surface area contributed by atoms with Crippen LogP contribution in [0.3, 0.4) is 0 Å². The fourth-order valence-electron chi connectivity index (χ4n) is 3.08. The van der Waals surface area contributed by atoms with Crippen molar-refractivity contribution in [2.24, 2.45) is 5.73 Å². The highest BCUT2D eigenvalue weighted by Gasteiger charge is 1.95. The lowest BCUT2D eigenvalue weighted by Crippen LogP contribution is -2.09. The monoisotopic (exact) mass is 353 g/mol. The van der Waals surface area contributed by atoms with Crippen molar-refractivity contribution in [3.05, 3.63) is 12.2 Å². The van der Waals surface area contributed by atoms with Crippen LogP contribution in [-0.4, -0.2) is 5.91 Å². The van der Waals surface area contributed by atoms with Crippen LogP contribution in [0, 0.1) is 0 Å². The number of hydrogen-bond donors (Lipinski definition) is 1. The lowest BCUT2D eigenvalue weighted by Gasteiger charge is -2.01. The van der Waals surface area contributed by atoms with Crippen molar-refractivity contribution in [2.45, 2.75) is 130 Å². The first kappa shape index (κ1) is 26.4. The summed E-state index contributed by atoms with van der Waals surface area (Å²) in [6.07, 6.45) is 27.8. The largest absolute Gasteiger partial charge is 0.370 e. The Hall–Kier alpha value is -0.790. The second kappa shape index (κ2) is 23.2. The summed E-state index contributed by atoms with van der Waals surface area (Å²) in [5.41, 5.74) is 5.13. The van der Waals surface area contributed by atoms with E-state index < -0.39 is 0 Å². The molecule has 0 spiro atoms. The van der Waals surface area contributed by atoms with Gasteiger partial charge >= 0.3 is 0 Å². The average molecular weight is 354 g/mol. The van der Waals surface area contributed by atoms with Crippen LogP contribution in [0.5, 0.6) is 0 Å². The normalized spacial score (nSPS) is 10.9. The molecule has 0 aromatic heterocycles. The van der Waals surface area contributed by atoms with Crippen LogP contribution < -0.4 is 5.73 Å². The summed E-state index contributed by atoms with van der Waals surface area (Å²) >= 11 is 0. The van der Waals surface area contributed by atoms with Gasteiger partial charge in [-0.2, -0.15) is 0 Å². The summed E-state index contributed by atoms with van der Waals surface area (Å²) in [5.74, 6) is -0.156. The van der Waals surface area contributed by atoms with Crippen LogP contribution in [0.2, 0.25) is 0 Å². The van der Waals surface area contributed by atoms with E-state index in [2.05, 4.69) is 19.1 Å². The summed E-state index contributed by atoms with van der Waals surface area (Å²) in [7, 11) is 0. The van der Waals surface area contributed by atoms with Gasteiger partial charge in [-0.15, -0.1) is 0 Å². The van der Waals surface area contributed by atoms with Gasteiger partial charge < -0.3 is 5.73 Å². The molecule has 0 heterocycles. The SMILES string of the molecule is C.CCCCCCCC/C=C\CCCCCCCCCCCC(N)=O. The Morgan fingerprint density at radius 1 is 0.640 bits per heavy atom. The molecular weight excluding hydrogens is 306 g/mol. The van der Waals surface area contributed by atoms with E-state index in [4.69, 9.17) is 5.73 Å². The lowest BCUT2D eigenvalue weighted by atomic mass is 10.1. The molecule has 0 bridgehead atoms. The van der Waals surface area contributed by atoms with E-state index in [1.54, 1.807) is 0 Å². The number of hydrogen-bond acceptors (Lipinski definition) is 1. The zero-order valence-electron chi connectivity index (χ0n) is 16.4. The average Bonchev–Trinajstić information content (AvgIpc) is 2.56. The zero-order valence-corrected chi connectivity index (χ0v) is 16.4. The van der Waals surface area contributed by atoms with E-state index in [1.807, 2.05) is 0 Å². The van der Waals surface area contributed by atoms with Crippen molar-refractivity contribution in [3.8, 4) is 0 Å². The molecule has 0 fully saturated rings. The third kappa shape index (κ3) is 25.6. The van der Waals surface area contributed by atoms with Crippen LogP contribution in [0.15, 0.2) is 12.2 Å². The molecule has 0 atom stereocenters. The van der Waals surface area contributed by atoms with Gasteiger partial charge in [0.15, 0.2) is 0 Å². The van der Waals surface area contributed by atoms with Crippen molar-refractivity contribution in [1.82, 2.24) is 0 Å². The molecular formula is C23H47NO. The quantitative estimate of drug-likeness (QED) is 0.187. The number of unbranched alkanes of at least 4 members (excludes halogenated alkanes) is 15. The molecule has 150 valence electrons. The number of rotatable bonds is 19. The topological polar surface area (TPSA) is 43.1 Å². The second-order valence-electron chi connectivity index (χ2n) is 7.21. The van der Waals surface area contributed by atoms with Gasteiger partial charge in [-0.05, 0) is 32.1 Å². The Balaban J connectivity index is 0. The Labute approximate surface area is 159 Å². The molecule has 1 amide bonds. The van der Waals surface area contributed by atoms with Gasteiger partial charge in [0.1, 0.15) is 0 Å². The highest BCUT2D eigenvalue weighted by Crippen LogP contribution is 2.12. The third-order valence-electron chi connectivity index (χ3n) is 4.68. The van der Waals surface area contributed by atoms with E-state index >= 15 is 0 Å². The van der Waals surface area contributed by atoms with E-state index in [-0.39, 0.29) is 13.3 Å². The van der Waals surface area contributed by atoms with Gasteiger partial charge in [0.2, 0.25) is 5.91 Å². The van der Waals surface area contributed by atoms with Crippen LogP contribution in [0.1, 0.15) is 130 Å². The van der Waals surface area contributed by atoms with Crippen LogP contribution in [0.4, 0.5) is 0 Å². The highest BCUT2D eigenvalue weighted by atomic mass is 16.1. The predicted molar refractivity (Wildman–Crippen MR) is 114 cm³/mol. The standard InChI is InChI=1S/C22H43NO.CH4/c1-2-3-4-5-6-7-8-9-10-11-12-13-14-15-16-17-18-19-20-21-22(23)24;/h9-10H,2-8,11-21H2,1H3,(H2,23,24);1H4/b10-9-;. The number of carbonyl (C=O) groups excluding carboxylic acids is 1. The van der Waals surface area contributed by atoms with Gasteiger partial charge in [0.05, 0.1) is 0 Å². The number of amides is 1. The number of carbonyl (C=O) groups is 1. The fraction of sp³-hybridized carbons (Fsp3) is 0.870. The van der Waals surface area contributed by atoms with E-state index in [9.17, 15) is 4.79 Å². The van der Waals surface area contributed by atoms with Crippen LogP contribution in [-0.2, 0) is 4.79 Å². The molecule has 0 aromatic rings. The predicted octanol–water partition coefficient (Wildman–Crippen LogP) is 7.71. The Bertz CT molecular complexity index is 286. The van der Waals surface area contributed by atoms with Crippen LogP contribution in [0.25, 0.3) is 0 Å². The smallest absolute Gasteiger partial charge is 0.217 e. The summed E-state index contributed by atoms with van der Waals surface area (Å²) in [4.78, 5) is 10.6. The molecule has 0 saturated heterocycles. The van der Waals surface area contributed by atoms with Crippen molar-refractivity contribution in [3.63, 3.8) is 0 Å². The first-order valence-electron chi connectivity index (χ1n) is 10.7. The molecule has 0 radical (unpaired) electrons. The molecule has 0 aliphatic carbocycles. The summed E-state index contributed by atoms with van der Waals surface area (Å²) in [5, 5.41) is 0. The molecule has 2 nitrogen and oxygen atoms in total. The van der Waals surface area contributed by atoms with Gasteiger partial charge in [0.25, 0.3) is 0 Å². The van der Waals surface area contributed by atoms with Crippen LogP contribution >= 0.6 is 0 Å². The number of allylic oxidation sites excluding steroid dienone is 2. The van der Waals surface area contributed by atoms with Gasteiger partial charge in [-0.25, -0.2) is 0 Å². The third-order valence-corrected chi connectivity index (χ3v) is 4.68. The van der Waals surface area contributed by atoms with Gasteiger partial charge in [-0.1, -0.05) is 104 Å². The molecule has 25 heavy (non-hydrogen) atoms. The van der Waals surface area contributed by atoms with Crippen molar-refractivity contribution in [2.75, 3.05) is 0 Å². The lowest BCUT2D eigenvalue weighted by molar-refractivity contribution is -0.118. The fourth-order valence-corrected chi connectivity index (χ4v) is 3.08. The van der Waals surface area contributed by atoms with E-state index in [0.29, 0.717) is 6.42 Å². The molecule has 0 saturated carbocycles. The minimum atomic E-state index is -0.156. The molecule has 2 heteroatoms. The Morgan fingerprint density at radius 3 is 1.40 bits per heavy atom. The van der Waals surface area contributed by atoms with Gasteiger partial charge in [0, 0.05) is 6.42 Å². The molecule has 0 rings (SSSR count). The molecule has 0 aromatic carbocycles. The minimum Gasteiger partial charge on any atom is -0.370 e. The maximum absolute atomic E-state index is 10.6. The number of nitrogens with two attached hydrogens (primary N) is 1. The summed E-state index contributed by atoms with van der Waals surface area (Å²) in [6.45, 7) is 2.28. The van der Waals surface area contributed by atoms with E-state index in [1.165, 1.54) is 96.3 Å². The van der Waals surface area contributed by atoms with Crippen molar-refractivity contribution >= 4 is 5.91 Å².